The van der Waals surface area contributed by atoms with Gasteiger partial charge in [0, 0.05) is 38.6 Å². The summed E-state index contributed by atoms with van der Waals surface area (Å²) in [4.78, 5) is 3.39. The second-order valence-corrected chi connectivity index (χ2v) is 7.31. The Kier molecular flexibility index (Phi) is 5.80. The van der Waals surface area contributed by atoms with Gasteiger partial charge >= 0.3 is 0 Å². The Labute approximate surface area is 126 Å². The summed E-state index contributed by atoms with van der Waals surface area (Å²) in [7, 11) is -1.71. The third-order valence-electron chi connectivity index (χ3n) is 3.83. The largest absolute Gasteiger partial charge is 0.381 e. The van der Waals surface area contributed by atoms with Gasteiger partial charge in [-0.15, -0.1) is 0 Å². The highest BCUT2D eigenvalue weighted by molar-refractivity contribution is 7.89. The predicted octanol–water partition coefficient (Wildman–Crippen LogP) is 1.31. The molecular weight excluding hydrogens is 290 g/mol. The molecule has 6 nitrogen and oxygen atoms in total. The summed E-state index contributed by atoms with van der Waals surface area (Å²) < 4.78 is 32.0. The number of aromatic amines is 1. The normalized spacial score (nSPS) is 18.2. The Morgan fingerprint density at radius 3 is 2.76 bits per heavy atom. The first-order chi connectivity index (χ1) is 10.1. The van der Waals surface area contributed by atoms with Crippen LogP contribution in [0, 0.1) is 0 Å². The number of H-pyrrole nitrogens is 1. The van der Waals surface area contributed by atoms with Gasteiger partial charge in [0.05, 0.1) is 11.0 Å². The average molecular weight is 315 g/mol. The Bertz CT molecular complexity index is 533. The molecule has 1 aliphatic heterocycles. The molecular formula is C14H25N3O3S. The van der Waals surface area contributed by atoms with E-state index < -0.39 is 10.0 Å². The van der Waals surface area contributed by atoms with Gasteiger partial charge in [-0.1, -0.05) is 6.92 Å². The summed E-state index contributed by atoms with van der Waals surface area (Å²) in [5.74, 6) is 0. The van der Waals surface area contributed by atoms with E-state index >= 15 is 0 Å². The van der Waals surface area contributed by atoms with Crippen LogP contribution in [0.5, 0.6) is 0 Å². The minimum Gasteiger partial charge on any atom is -0.381 e. The van der Waals surface area contributed by atoms with Crippen molar-refractivity contribution in [2.24, 2.45) is 0 Å². The van der Waals surface area contributed by atoms with Gasteiger partial charge in [0.1, 0.15) is 0 Å². The van der Waals surface area contributed by atoms with Crippen LogP contribution in [0.3, 0.4) is 0 Å². The van der Waals surface area contributed by atoms with Crippen molar-refractivity contribution in [1.82, 2.24) is 14.6 Å². The summed E-state index contributed by atoms with van der Waals surface area (Å²) in [6, 6.07) is 1.72. The van der Waals surface area contributed by atoms with Gasteiger partial charge in [0.15, 0.2) is 0 Å². The van der Waals surface area contributed by atoms with Gasteiger partial charge in [0.2, 0.25) is 10.0 Å². The second-order valence-electron chi connectivity index (χ2n) is 5.38. The van der Waals surface area contributed by atoms with Crippen molar-refractivity contribution in [3.8, 4) is 0 Å². The molecule has 0 atom stereocenters. The number of hydrogen-bond donors (Lipinski definition) is 2. The number of piperidine rings is 1. The van der Waals surface area contributed by atoms with E-state index in [2.05, 4.69) is 17.2 Å². The van der Waals surface area contributed by atoms with Crippen molar-refractivity contribution in [2.45, 2.75) is 43.7 Å². The van der Waals surface area contributed by atoms with Crippen molar-refractivity contribution in [2.75, 3.05) is 26.7 Å². The lowest BCUT2D eigenvalue weighted by Crippen LogP contribution is -2.40. The van der Waals surface area contributed by atoms with Crippen molar-refractivity contribution in [3.05, 3.63) is 18.0 Å². The van der Waals surface area contributed by atoms with Crippen LogP contribution in [-0.4, -0.2) is 50.6 Å². The standard InChI is InChI=1S/C14H25N3O3S/c1-3-6-15-10-12-9-14(11-16-12)21(18,19)17-7-4-13(20-2)5-8-17/h9,11,13,15-16H,3-8,10H2,1-2H3. The molecule has 0 bridgehead atoms. The fourth-order valence-electron chi connectivity index (χ4n) is 2.53. The first kappa shape index (κ1) is 16.5. The molecule has 0 saturated carbocycles. The molecule has 2 rings (SSSR count). The van der Waals surface area contributed by atoms with Gasteiger partial charge < -0.3 is 15.0 Å². The van der Waals surface area contributed by atoms with Crippen molar-refractivity contribution in [1.29, 1.82) is 0 Å². The summed E-state index contributed by atoms with van der Waals surface area (Å²) >= 11 is 0. The monoisotopic (exact) mass is 315 g/mol. The summed E-state index contributed by atoms with van der Waals surface area (Å²) in [5.41, 5.74) is 0.897. The lowest BCUT2D eigenvalue weighted by Gasteiger charge is -2.30. The molecule has 1 saturated heterocycles. The SMILES string of the molecule is CCCNCc1cc(S(=O)(=O)N2CCC(OC)CC2)c[nH]1. The Balaban J connectivity index is 1.99. The first-order valence-electron chi connectivity index (χ1n) is 7.49. The van der Waals surface area contributed by atoms with Gasteiger partial charge in [-0.05, 0) is 31.9 Å². The first-order valence-corrected chi connectivity index (χ1v) is 8.93. The fourth-order valence-corrected chi connectivity index (χ4v) is 4.02. The molecule has 120 valence electrons. The van der Waals surface area contributed by atoms with Crippen LogP contribution in [0.15, 0.2) is 17.2 Å². The second kappa shape index (κ2) is 7.40. The average Bonchev–Trinajstić information content (AvgIpc) is 2.97. The highest BCUT2D eigenvalue weighted by atomic mass is 32.2. The van der Waals surface area contributed by atoms with Crippen molar-refractivity contribution >= 4 is 10.0 Å². The molecule has 0 aromatic carbocycles. The molecule has 1 fully saturated rings. The Morgan fingerprint density at radius 1 is 1.43 bits per heavy atom. The number of ether oxygens (including phenoxy) is 1. The highest BCUT2D eigenvalue weighted by Crippen LogP contribution is 2.22. The van der Waals surface area contributed by atoms with E-state index in [1.54, 1.807) is 23.7 Å². The van der Waals surface area contributed by atoms with Crippen LogP contribution >= 0.6 is 0 Å². The van der Waals surface area contributed by atoms with Crippen LogP contribution < -0.4 is 5.32 Å². The summed E-state index contributed by atoms with van der Waals surface area (Å²) in [5, 5.41) is 3.25. The molecule has 21 heavy (non-hydrogen) atoms. The number of hydrogen-bond acceptors (Lipinski definition) is 4. The zero-order valence-electron chi connectivity index (χ0n) is 12.8. The van der Waals surface area contributed by atoms with Crippen molar-refractivity contribution < 1.29 is 13.2 Å². The molecule has 0 spiro atoms. The number of nitrogens with zero attached hydrogens (tertiary/aromatic N) is 1. The van der Waals surface area contributed by atoms with Crippen LogP contribution in [0.2, 0.25) is 0 Å². The van der Waals surface area contributed by atoms with Crippen LogP contribution in [0.25, 0.3) is 0 Å². The number of methoxy groups -OCH3 is 1. The molecule has 2 N–H and O–H groups in total. The minimum absolute atomic E-state index is 0.177. The molecule has 0 aliphatic carbocycles. The van der Waals surface area contributed by atoms with Crippen LogP contribution in [-0.2, 0) is 21.3 Å². The Morgan fingerprint density at radius 2 is 2.14 bits per heavy atom. The van der Waals surface area contributed by atoms with Gasteiger partial charge in [-0.2, -0.15) is 4.31 Å². The quantitative estimate of drug-likeness (QED) is 0.744. The molecule has 2 heterocycles. The van der Waals surface area contributed by atoms with Crippen LogP contribution in [0.1, 0.15) is 31.9 Å². The molecule has 1 aromatic heterocycles. The van der Waals surface area contributed by atoms with E-state index in [1.165, 1.54) is 0 Å². The van der Waals surface area contributed by atoms with E-state index in [4.69, 9.17) is 4.74 Å². The van der Waals surface area contributed by atoms with E-state index in [0.29, 0.717) is 24.5 Å². The maximum Gasteiger partial charge on any atom is 0.244 e. The topological polar surface area (TPSA) is 74.4 Å². The summed E-state index contributed by atoms with van der Waals surface area (Å²) in [6.07, 6.45) is 4.33. The summed E-state index contributed by atoms with van der Waals surface area (Å²) in [6.45, 7) is 4.73. The number of nitrogens with one attached hydrogen (secondary N) is 2. The lowest BCUT2D eigenvalue weighted by atomic mass is 10.1. The zero-order chi connectivity index (χ0) is 15.3. The van der Waals surface area contributed by atoms with Gasteiger partial charge in [-0.3, -0.25) is 0 Å². The van der Waals surface area contributed by atoms with E-state index in [1.807, 2.05) is 0 Å². The number of sulfonamides is 1. The molecule has 7 heteroatoms. The lowest BCUT2D eigenvalue weighted by molar-refractivity contribution is 0.0604. The zero-order valence-corrected chi connectivity index (χ0v) is 13.6. The molecule has 0 amide bonds. The van der Waals surface area contributed by atoms with E-state index in [0.717, 1.165) is 31.5 Å². The Hall–Kier alpha value is -0.890. The third-order valence-corrected chi connectivity index (χ3v) is 5.71. The van der Waals surface area contributed by atoms with Gasteiger partial charge in [-0.25, -0.2) is 8.42 Å². The smallest absolute Gasteiger partial charge is 0.244 e. The molecule has 0 unspecified atom stereocenters. The fraction of sp³-hybridized carbons (Fsp3) is 0.714. The van der Waals surface area contributed by atoms with E-state index in [9.17, 15) is 8.42 Å². The maximum atomic E-state index is 12.6. The number of rotatable bonds is 7. The van der Waals surface area contributed by atoms with Crippen molar-refractivity contribution in [3.63, 3.8) is 0 Å². The minimum atomic E-state index is -3.38. The highest BCUT2D eigenvalue weighted by Gasteiger charge is 2.29. The third kappa shape index (κ3) is 4.06. The maximum absolute atomic E-state index is 12.6. The molecule has 0 radical (unpaired) electrons. The number of aromatic nitrogens is 1. The molecule has 1 aliphatic rings. The predicted molar refractivity (Wildman–Crippen MR) is 81.6 cm³/mol. The van der Waals surface area contributed by atoms with Crippen LogP contribution in [0.4, 0.5) is 0 Å². The molecule has 1 aromatic rings. The van der Waals surface area contributed by atoms with E-state index in [-0.39, 0.29) is 6.10 Å². The van der Waals surface area contributed by atoms with Gasteiger partial charge in [0.25, 0.3) is 0 Å².